The van der Waals surface area contributed by atoms with Gasteiger partial charge in [-0.25, -0.2) is 4.39 Å². The van der Waals surface area contributed by atoms with Crippen LogP contribution in [0.25, 0.3) is 33.4 Å². The number of rotatable bonds is 12. The summed E-state index contributed by atoms with van der Waals surface area (Å²) in [5.74, 6) is -0.682. The molecule has 0 radical (unpaired) electrons. The third-order valence-electron chi connectivity index (χ3n) is 20.5. The Morgan fingerprint density at radius 2 is 0.680 bits per heavy atom. The molecule has 0 amide bonds. The van der Waals surface area contributed by atoms with Gasteiger partial charge in [0.25, 0.3) is 6.71 Å². The minimum atomic E-state index is -5.06. The molecule has 0 unspecified atom stereocenters. The van der Waals surface area contributed by atoms with Crippen LogP contribution in [-0.4, -0.2) is 13.4 Å². The monoisotopic (exact) mass is 1350 g/mol. The van der Waals surface area contributed by atoms with Crippen LogP contribution in [0.5, 0.6) is 0 Å². The van der Waals surface area contributed by atoms with Crippen molar-refractivity contribution in [3.05, 3.63) is 369 Å². The molecular weight excluding hydrogens is 1290 g/mol. The fourth-order valence-corrected chi connectivity index (χ4v) is 17.5. The summed E-state index contributed by atoms with van der Waals surface area (Å²) in [5.41, 5.74) is 18.7. The number of benzene rings is 15. The Bertz CT molecular complexity index is 5620. The summed E-state index contributed by atoms with van der Waals surface area (Å²) in [5, 5.41) is 0. The highest BCUT2D eigenvalue weighted by Crippen LogP contribution is 2.56. The van der Waals surface area contributed by atoms with E-state index < -0.39 is 31.0 Å². The first-order chi connectivity index (χ1) is 50.7. The van der Waals surface area contributed by atoms with Gasteiger partial charge in [0.05, 0.1) is 22.6 Å². The summed E-state index contributed by atoms with van der Waals surface area (Å²) in [4.78, 5) is 11.2. The molecular formula is C91H59B2F4N5S. The van der Waals surface area contributed by atoms with Crippen LogP contribution in [0.1, 0.15) is 5.56 Å². The van der Waals surface area contributed by atoms with Crippen molar-refractivity contribution in [1.82, 2.24) is 0 Å². The molecule has 0 N–H and O–H groups in total. The van der Waals surface area contributed by atoms with Crippen molar-refractivity contribution in [1.29, 1.82) is 0 Å². The second-order valence-corrected chi connectivity index (χ2v) is 27.4. The van der Waals surface area contributed by atoms with Crippen molar-refractivity contribution in [2.75, 3.05) is 24.5 Å². The van der Waals surface area contributed by atoms with Crippen molar-refractivity contribution in [3.8, 4) is 33.4 Å². The van der Waals surface area contributed by atoms with Gasteiger partial charge in [0.1, 0.15) is 5.82 Å². The predicted octanol–water partition coefficient (Wildman–Crippen LogP) is 21.6. The van der Waals surface area contributed by atoms with E-state index in [2.05, 4.69) is 165 Å². The number of anilines is 15. The molecule has 15 aromatic carbocycles. The maximum atomic E-state index is 18.7. The van der Waals surface area contributed by atoms with Crippen LogP contribution >= 0.6 is 11.8 Å². The highest BCUT2D eigenvalue weighted by Gasteiger charge is 2.53. The molecule has 12 heteroatoms. The van der Waals surface area contributed by atoms with Gasteiger partial charge in [0.15, 0.2) is 0 Å². The molecule has 0 spiro atoms. The zero-order valence-electron chi connectivity index (χ0n) is 55.4. The molecule has 4 heterocycles. The fraction of sp³-hybridized carbons (Fsp3) is 0.0110. The number of alkyl halides is 3. The minimum Gasteiger partial charge on any atom is -0.311 e. The van der Waals surface area contributed by atoms with Gasteiger partial charge in [-0.2, -0.15) is 13.2 Å². The van der Waals surface area contributed by atoms with Crippen molar-refractivity contribution in [3.63, 3.8) is 0 Å². The van der Waals surface area contributed by atoms with Crippen LogP contribution in [0, 0.1) is 5.82 Å². The van der Waals surface area contributed by atoms with Crippen molar-refractivity contribution in [2.45, 2.75) is 16.0 Å². The van der Waals surface area contributed by atoms with Gasteiger partial charge in [-0.05, 0) is 170 Å². The Morgan fingerprint density at radius 3 is 1.17 bits per heavy atom. The van der Waals surface area contributed by atoms with Crippen LogP contribution < -0.4 is 57.3 Å². The van der Waals surface area contributed by atoms with Gasteiger partial charge in [0.2, 0.25) is 6.71 Å². The topological polar surface area (TPSA) is 16.2 Å². The lowest BCUT2D eigenvalue weighted by molar-refractivity contribution is -0.139. The zero-order valence-corrected chi connectivity index (χ0v) is 56.2. The molecule has 4 aliphatic rings. The SMILES string of the molecule is Fc1cccc(-c2ccccc2)c1N1c2cc(N(c3ccccc3)c3ccccc3)cc3c2B(c2ccccc2N3c2ccccc2)c2cc3c(c(C(F)(F)F)c21)Sc1cc(N(c2ccc(-c4ccccc4)cc2)c2ccc(-c4ccccc4)cc2)cc2c1B3c1ccccc1N2c1ccccc1. The van der Waals surface area contributed by atoms with Gasteiger partial charge in [0, 0.05) is 83.6 Å². The van der Waals surface area contributed by atoms with E-state index in [1.54, 1.807) is 11.0 Å². The molecule has 0 bridgehead atoms. The Balaban J connectivity index is 0.923. The predicted molar refractivity (Wildman–Crippen MR) is 421 cm³/mol. The molecule has 0 aliphatic carbocycles. The van der Waals surface area contributed by atoms with Gasteiger partial charge in [-0.15, -0.1) is 0 Å². The average molecular weight is 1350 g/mol. The van der Waals surface area contributed by atoms with Gasteiger partial charge in [-0.1, -0.05) is 260 Å². The fourth-order valence-electron chi connectivity index (χ4n) is 16.2. The molecule has 0 aromatic heterocycles. The van der Waals surface area contributed by atoms with Gasteiger partial charge >= 0.3 is 6.18 Å². The highest BCUT2D eigenvalue weighted by atomic mass is 32.2. The van der Waals surface area contributed by atoms with Crippen molar-refractivity contribution in [2.24, 2.45) is 0 Å². The Kier molecular flexibility index (Phi) is 14.9. The molecule has 0 saturated heterocycles. The Morgan fingerprint density at radius 1 is 0.291 bits per heavy atom. The van der Waals surface area contributed by atoms with Gasteiger partial charge < -0.3 is 24.5 Å². The lowest BCUT2D eigenvalue weighted by atomic mass is 9.30. The van der Waals surface area contributed by atoms with E-state index in [-0.39, 0.29) is 16.3 Å². The third-order valence-corrected chi connectivity index (χ3v) is 21.7. The first-order valence-corrected chi connectivity index (χ1v) is 35.4. The molecule has 103 heavy (non-hydrogen) atoms. The van der Waals surface area contributed by atoms with Crippen molar-refractivity contribution >= 4 is 143 Å². The summed E-state index contributed by atoms with van der Waals surface area (Å²) in [6, 6.07) is 119. The Labute approximate surface area is 600 Å². The number of fused-ring (bicyclic) bond motifs is 8. The number of para-hydroxylation sites is 7. The molecule has 0 atom stereocenters. The molecule has 4 aliphatic heterocycles. The number of hydrogen-bond acceptors (Lipinski definition) is 6. The van der Waals surface area contributed by atoms with Crippen LogP contribution in [0.2, 0.25) is 0 Å². The largest absolute Gasteiger partial charge is 0.419 e. The minimum absolute atomic E-state index is 0.00574. The molecule has 488 valence electrons. The molecule has 19 rings (SSSR count). The highest BCUT2D eigenvalue weighted by molar-refractivity contribution is 8.00. The van der Waals surface area contributed by atoms with E-state index in [0.717, 1.165) is 118 Å². The Hall–Kier alpha value is -12.5. The van der Waals surface area contributed by atoms with E-state index in [1.165, 1.54) is 6.07 Å². The average Bonchev–Trinajstić information content (AvgIpc) is 0.679. The van der Waals surface area contributed by atoms with Crippen LogP contribution in [0.3, 0.4) is 0 Å². The smallest absolute Gasteiger partial charge is 0.311 e. The van der Waals surface area contributed by atoms with E-state index in [1.807, 2.05) is 200 Å². The molecule has 15 aromatic rings. The molecule has 5 nitrogen and oxygen atoms in total. The van der Waals surface area contributed by atoms with Crippen LogP contribution in [0.15, 0.2) is 368 Å². The molecule has 0 fully saturated rings. The summed E-state index contributed by atoms with van der Waals surface area (Å²) in [6.07, 6.45) is -5.06. The first kappa shape index (κ1) is 61.6. The van der Waals surface area contributed by atoms with Gasteiger partial charge in [-0.3, -0.25) is 0 Å². The second-order valence-electron chi connectivity index (χ2n) is 26.3. The van der Waals surface area contributed by atoms with Crippen LogP contribution in [0.4, 0.5) is 103 Å². The first-order valence-electron chi connectivity index (χ1n) is 34.6. The summed E-state index contributed by atoms with van der Waals surface area (Å²) in [6.45, 7) is -1.54. The summed E-state index contributed by atoms with van der Waals surface area (Å²) in [7, 11) is 0. The number of hydrogen-bond donors (Lipinski definition) is 0. The zero-order chi connectivity index (χ0) is 68.9. The summed E-state index contributed by atoms with van der Waals surface area (Å²) >= 11 is 1.15. The third kappa shape index (κ3) is 10.3. The van der Waals surface area contributed by atoms with E-state index >= 15 is 17.6 Å². The van der Waals surface area contributed by atoms with E-state index in [9.17, 15) is 0 Å². The summed E-state index contributed by atoms with van der Waals surface area (Å²) < 4.78 is 74.4. The van der Waals surface area contributed by atoms with E-state index in [0.29, 0.717) is 38.3 Å². The van der Waals surface area contributed by atoms with E-state index in [4.69, 9.17) is 0 Å². The maximum Gasteiger partial charge on any atom is 0.419 e. The van der Waals surface area contributed by atoms with Crippen LogP contribution in [-0.2, 0) is 6.18 Å². The molecule has 0 saturated carbocycles. The quantitative estimate of drug-likeness (QED) is 0.0889. The number of halogens is 4. The maximum absolute atomic E-state index is 18.7. The lowest BCUT2D eigenvalue weighted by Crippen LogP contribution is -2.65. The standard InChI is InChI=1S/C91H59B2F4N5S/c94-78-44-26-41-73(64-31-12-3-13-32-64)88(78)102-82-56-71(98(65-33-14-4-15-34-65)66-35-16-5-17-36-66)55-81-86(82)92(74-42-22-24-45-79(74)100(81)67-37-18-6-19-38-67)76-59-77-90(85(89(76)102)91(95,96)97)103-84-58-72(57-83-87(84)93(77)75-43-23-25-46-80(75)101(83)68-39-20-7-21-40-68)99(69-51-47-62(48-52-69)60-27-8-1-9-28-60)70-53-49-63(50-54-70)61-29-10-2-11-30-61/h1-59H. The van der Waals surface area contributed by atoms with Crippen molar-refractivity contribution < 1.29 is 17.6 Å². The number of nitrogens with zero attached hydrogens (tertiary/aromatic N) is 5. The second kappa shape index (κ2) is 25.0. The lowest BCUT2D eigenvalue weighted by Gasteiger charge is -2.47. The normalized spacial score (nSPS) is 12.9.